The smallest absolute Gasteiger partial charge is 0.178 e. The molecule has 0 radical (unpaired) electrons. The van der Waals surface area contributed by atoms with Crippen molar-refractivity contribution in [2.75, 3.05) is 25.1 Å². The van der Waals surface area contributed by atoms with E-state index in [-0.39, 0.29) is 0 Å². The third-order valence-electron chi connectivity index (χ3n) is 4.75. The van der Waals surface area contributed by atoms with Gasteiger partial charge in [0.25, 0.3) is 0 Å². The molecule has 0 unspecified atom stereocenters. The second-order valence-corrected chi connectivity index (χ2v) is 6.50. The van der Waals surface area contributed by atoms with E-state index in [0.29, 0.717) is 5.82 Å². The van der Waals surface area contributed by atoms with Gasteiger partial charge < -0.3 is 9.64 Å². The summed E-state index contributed by atoms with van der Waals surface area (Å²) in [5, 5.41) is 13.3. The van der Waals surface area contributed by atoms with E-state index < -0.39 is 0 Å². The molecule has 6 heteroatoms. The van der Waals surface area contributed by atoms with Crippen LogP contribution in [0, 0.1) is 0 Å². The Hall–Kier alpha value is -2.89. The summed E-state index contributed by atoms with van der Waals surface area (Å²) in [6.45, 7) is 2.13. The molecule has 134 valence electrons. The zero-order chi connectivity index (χ0) is 17.8. The molecule has 1 saturated heterocycles. The SMILES string of the molecule is COc1ccccc1/C=C/c1nnc2ccc(N3CCCCCC3)nn12. The molecule has 0 atom stereocenters. The quantitative estimate of drug-likeness (QED) is 0.719. The fourth-order valence-electron chi connectivity index (χ4n) is 3.34. The van der Waals surface area contributed by atoms with Crippen molar-refractivity contribution in [3.05, 3.63) is 47.8 Å². The Kier molecular flexibility index (Phi) is 4.82. The van der Waals surface area contributed by atoms with Crippen molar-refractivity contribution in [3.8, 4) is 5.75 Å². The fraction of sp³-hybridized carbons (Fsp3) is 0.350. The molecule has 0 amide bonds. The molecule has 0 aliphatic carbocycles. The Morgan fingerprint density at radius 2 is 1.73 bits per heavy atom. The van der Waals surface area contributed by atoms with Crippen molar-refractivity contribution in [3.63, 3.8) is 0 Å². The summed E-state index contributed by atoms with van der Waals surface area (Å²) in [7, 11) is 1.67. The minimum Gasteiger partial charge on any atom is -0.496 e. The van der Waals surface area contributed by atoms with Gasteiger partial charge in [-0.1, -0.05) is 31.0 Å². The lowest BCUT2D eigenvalue weighted by Gasteiger charge is -2.20. The molecular formula is C20H23N5O. The van der Waals surface area contributed by atoms with Crippen LogP contribution in [0.2, 0.25) is 0 Å². The lowest BCUT2D eigenvalue weighted by Crippen LogP contribution is -2.25. The minimum absolute atomic E-state index is 0.711. The number of nitrogens with zero attached hydrogens (tertiary/aromatic N) is 5. The third kappa shape index (κ3) is 3.40. The van der Waals surface area contributed by atoms with Crippen LogP contribution in [0.15, 0.2) is 36.4 Å². The van der Waals surface area contributed by atoms with Crippen LogP contribution in [0.25, 0.3) is 17.8 Å². The maximum absolute atomic E-state index is 5.40. The first-order valence-electron chi connectivity index (χ1n) is 9.14. The summed E-state index contributed by atoms with van der Waals surface area (Å²) in [5.41, 5.74) is 1.75. The van der Waals surface area contributed by atoms with Crippen LogP contribution in [0.3, 0.4) is 0 Å². The molecule has 0 N–H and O–H groups in total. The molecule has 0 spiro atoms. The Morgan fingerprint density at radius 3 is 2.54 bits per heavy atom. The van der Waals surface area contributed by atoms with E-state index >= 15 is 0 Å². The van der Waals surface area contributed by atoms with Crippen molar-refractivity contribution in [1.29, 1.82) is 0 Å². The monoisotopic (exact) mass is 349 g/mol. The van der Waals surface area contributed by atoms with E-state index in [1.165, 1.54) is 25.7 Å². The Balaban J connectivity index is 1.65. The summed E-state index contributed by atoms with van der Waals surface area (Å²) >= 11 is 0. The lowest BCUT2D eigenvalue weighted by atomic mass is 10.2. The molecule has 3 aromatic rings. The van der Waals surface area contributed by atoms with Crippen LogP contribution in [0.5, 0.6) is 5.75 Å². The van der Waals surface area contributed by atoms with Crippen LogP contribution < -0.4 is 9.64 Å². The number of aromatic nitrogens is 4. The maximum atomic E-state index is 5.40. The molecule has 26 heavy (non-hydrogen) atoms. The third-order valence-corrected chi connectivity index (χ3v) is 4.75. The standard InChI is InChI=1S/C20H23N5O/c1-26-17-9-5-4-8-16(17)10-11-18-21-22-19-12-13-20(23-25(18)19)24-14-6-2-3-7-15-24/h4-5,8-13H,2-3,6-7,14-15H2,1H3/b11-10+. The van der Waals surface area contributed by atoms with Gasteiger partial charge >= 0.3 is 0 Å². The van der Waals surface area contributed by atoms with Crippen molar-refractivity contribution in [1.82, 2.24) is 19.8 Å². The van der Waals surface area contributed by atoms with Crippen LogP contribution in [-0.4, -0.2) is 40.0 Å². The summed E-state index contributed by atoms with van der Waals surface area (Å²) in [5.74, 6) is 2.53. The fourth-order valence-corrected chi connectivity index (χ4v) is 3.34. The largest absolute Gasteiger partial charge is 0.496 e. The average Bonchev–Trinajstić information content (AvgIpc) is 2.90. The molecule has 1 aliphatic heterocycles. The van der Waals surface area contributed by atoms with E-state index in [2.05, 4.69) is 15.1 Å². The molecule has 0 saturated carbocycles. The summed E-state index contributed by atoms with van der Waals surface area (Å²) < 4.78 is 7.21. The molecule has 3 heterocycles. The normalized spacial score (nSPS) is 15.5. The van der Waals surface area contributed by atoms with Crippen molar-refractivity contribution < 1.29 is 4.74 Å². The number of ether oxygens (including phenoxy) is 1. The molecule has 4 rings (SSSR count). The maximum Gasteiger partial charge on any atom is 0.178 e. The van der Waals surface area contributed by atoms with Crippen LogP contribution in [0.4, 0.5) is 5.82 Å². The number of anilines is 1. The van der Waals surface area contributed by atoms with Gasteiger partial charge in [0.15, 0.2) is 11.5 Å². The number of benzene rings is 1. The molecule has 1 aromatic carbocycles. The highest BCUT2D eigenvalue weighted by molar-refractivity contribution is 5.71. The number of rotatable bonds is 4. The second kappa shape index (κ2) is 7.56. The molecule has 2 aromatic heterocycles. The van der Waals surface area contributed by atoms with Gasteiger partial charge in [0, 0.05) is 18.7 Å². The number of para-hydroxylation sites is 1. The van der Waals surface area contributed by atoms with Gasteiger partial charge in [-0.25, -0.2) is 0 Å². The molecular weight excluding hydrogens is 326 g/mol. The predicted molar refractivity (Wildman–Crippen MR) is 103 cm³/mol. The first-order valence-corrected chi connectivity index (χ1v) is 9.14. The molecule has 6 nitrogen and oxygen atoms in total. The zero-order valence-corrected chi connectivity index (χ0v) is 15.0. The van der Waals surface area contributed by atoms with Crippen LogP contribution in [0.1, 0.15) is 37.1 Å². The Labute approximate surface area is 153 Å². The van der Waals surface area contributed by atoms with Crippen molar-refractivity contribution >= 4 is 23.6 Å². The van der Waals surface area contributed by atoms with Gasteiger partial charge in [-0.2, -0.15) is 4.52 Å². The number of hydrogen-bond donors (Lipinski definition) is 0. The second-order valence-electron chi connectivity index (χ2n) is 6.50. The van der Waals surface area contributed by atoms with E-state index in [4.69, 9.17) is 9.84 Å². The molecule has 1 aliphatic rings. The van der Waals surface area contributed by atoms with Gasteiger partial charge in [0.1, 0.15) is 11.6 Å². The summed E-state index contributed by atoms with van der Waals surface area (Å²) in [6.07, 6.45) is 8.97. The number of methoxy groups -OCH3 is 1. The van der Waals surface area contributed by atoms with Crippen LogP contribution in [-0.2, 0) is 0 Å². The number of hydrogen-bond acceptors (Lipinski definition) is 5. The summed E-state index contributed by atoms with van der Waals surface area (Å²) in [6, 6.07) is 11.9. The van der Waals surface area contributed by atoms with E-state index in [1.54, 1.807) is 7.11 Å². The highest BCUT2D eigenvalue weighted by Crippen LogP contribution is 2.21. The minimum atomic E-state index is 0.711. The molecule has 0 bridgehead atoms. The Morgan fingerprint density at radius 1 is 0.923 bits per heavy atom. The first-order chi connectivity index (χ1) is 12.8. The first kappa shape index (κ1) is 16.6. The van der Waals surface area contributed by atoms with Gasteiger partial charge in [0.2, 0.25) is 0 Å². The van der Waals surface area contributed by atoms with Crippen LogP contribution >= 0.6 is 0 Å². The Bertz CT molecular complexity index is 909. The highest BCUT2D eigenvalue weighted by Gasteiger charge is 2.13. The predicted octanol–water partition coefficient (Wildman–Crippen LogP) is 3.68. The zero-order valence-electron chi connectivity index (χ0n) is 15.0. The lowest BCUT2D eigenvalue weighted by molar-refractivity contribution is 0.414. The van der Waals surface area contributed by atoms with Crippen molar-refractivity contribution in [2.24, 2.45) is 0 Å². The van der Waals surface area contributed by atoms with E-state index in [0.717, 1.165) is 35.9 Å². The van der Waals surface area contributed by atoms with Crippen molar-refractivity contribution in [2.45, 2.75) is 25.7 Å². The van der Waals surface area contributed by atoms with Gasteiger partial charge in [-0.15, -0.1) is 15.3 Å². The molecule has 1 fully saturated rings. The van der Waals surface area contributed by atoms with E-state index in [9.17, 15) is 0 Å². The number of fused-ring (bicyclic) bond motifs is 1. The van der Waals surface area contributed by atoms with Gasteiger partial charge in [0.05, 0.1) is 7.11 Å². The highest BCUT2D eigenvalue weighted by atomic mass is 16.5. The average molecular weight is 349 g/mol. The van der Waals surface area contributed by atoms with Gasteiger partial charge in [-0.05, 0) is 43.2 Å². The summed E-state index contributed by atoms with van der Waals surface area (Å²) in [4.78, 5) is 2.36. The van der Waals surface area contributed by atoms with E-state index in [1.807, 2.05) is 53.1 Å². The van der Waals surface area contributed by atoms with Gasteiger partial charge in [-0.3, -0.25) is 0 Å². The topological polar surface area (TPSA) is 55.6 Å².